The number of nitrogens with zero attached hydrogens (tertiary/aromatic N) is 5. The summed E-state index contributed by atoms with van der Waals surface area (Å²) in [6.07, 6.45) is 3.57. The maximum absolute atomic E-state index is 11.9. The summed E-state index contributed by atoms with van der Waals surface area (Å²) in [7, 11) is 0. The van der Waals surface area contributed by atoms with Crippen molar-refractivity contribution in [1.29, 1.82) is 0 Å². The number of carbonyl (C=O) groups is 1. The second-order valence-electron chi connectivity index (χ2n) is 9.06. The predicted octanol–water partition coefficient (Wildman–Crippen LogP) is 5.04. The van der Waals surface area contributed by atoms with E-state index in [1.165, 1.54) is 23.6 Å². The molecule has 0 saturated carbocycles. The van der Waals surface area contributed by atoms with Crippen LogP contribution in [0.5, 0.6) is 0 Å². The van der Waals surface area contributed by atoms with Crippen LogP contribution in [-0.2, 0) is 12.8 Å². The lowest BCUT2D eigenvalue weighted by Gasteiger charge is -2.12. The first-order valence-electron chi connectivity index (χ1n) is 12.5. The average molecular weight is 538 g/mol. The number of primary amides is 1. The lowest BCUT2D eigenvalue weighted by Crippen LogP contribution is -2.11. The summed E-state index contributed by atoms with van der Waals surface area (Å²) >= 11 is 0. The van der Waals surface area contributed by atoms with E-state index in [-0.39, 0.29) is 11.3 Å². The van der Waals surface area contributed by atoms with Gasteiger partial charge in [-0.25, -0.2) is 23.7 Å². The fourth-order valence-electron chi connectivity index (χ4n) is 4.56. The van der Waals surface area contributed by atoms with Crippen molar-refractivity contribution in [2.75, 3.05) is 5.73 Å². The predicted molar refractivity (Wildman–Crippen MR) is 149 cm³/mol. The van der Waals surface area contributed by atoms with Crippen molar-refractivity contribution in [3.63, 3.8) is 0 Å². The third kappa shape index (κ3) is 5.35. The molecular formula is C30H25F2N7O. The van der Waals surface area contributed by atoms with E-state index in [4.69, 9.17) is 21.4 Å². The van der Waals surface area contributed by atoms with E-state index in [9.17, 15) is 13.6 Å². The van der Waals surface area contributed by atoms with Gasteiger partial charge in [0, 0.05) is 18.1 Å². The number of imidazole rings is 1. The van der Waals surface area contributed by atoms with Crippen LogP contribution < -0.4 is 11.5 Å². The highest BCUT2D eigenvalue weighted by atomic mass is 19.3. The number of rotatable bonds is 4. The van der Waals surface area contributed by atoms with E-state index < -0.39 is 12.3 Å². The minimum Gasteiger partial charge on any atom is -0.383 e. The van der Waals surface area contributed by atoms with Crippen LogP contribution in [-0.4, -0.2) is 30.4 Å². The van der Waals surface area contributed by atoms with Crippen LogP contribution in [0.1, 0.15) is 52.6 Å². The Morgan fingerprint density at radius 1 is 1.02 bits per heavy atom. The summed E-state index contributed by atoms with van der Waals surface area (Å²) in [6.45, 7) is 1.81. The molecule has 1 aromatic carbocycles. The molecule has 8 nitrogen and oxygen atoms in total. The van der Waals surface area contributed by atoms with Gasteiger partial charge in [0.25, 0.3) is 6.43 Å². The van der Waals surface area contributed by atoms with Gasteiger partial charge >= 0.3 is 0 Å². The fourth-order valence-corrected chi connectivity index (χ4v) is 4.56. The lowest BCUT2D eigenvalue weighted by molar-refractivity contribution is 0.0999. The van der Waals surface area contributed by atoms with Crippen molar-refractivity contribution in [3.8, 4) is 28.9 Å². The highest BCUT2D eigenvalue weighted by molar-refractivity contribution is 5.92. The number of aromatic nitrogens is 5. The van der Waals surface area contributed by atoms with E-state index >= 15 is 0 Å². The van der Waals surface area contributed by atoms with Gasteiger partial charge in [0.2, 0.25) is 5.91 Å². The van der Waals surface area contributed by atoms with E-state index in [0.29, 0.717) is 5.82 Å². The largest absolute Gasteiger partial charge is 0.383 e. The minimum absolute atomic E-state index is 0.124. The number of halogens is 2. The number of nitrogen functional groups attached to an aromatic ring is 1. The van der Waals surface area contributed by atoms with Crippen molar-refractivity contribution in [2.24, 2.45) is 5.73 Å². The highest BCUT2D eigenvalue weighted by Gasteiger charge is 2.20. The number of alkyl halides is 2. The molecule has 0 fully saturated rings. The second kappa shape index (κ2) is 11.3. The van der Waals surface area contributed by atoms with Crippen molar-refractivity contribution < 1.29 is 13.6 Å². The summed E-state index contributed by atoms with van der Waals surface area (Å²) in [4.78, 5) is 27.7. The third-order valence-electron chi connectivity index (χ3n) is 6.47. The Kier molecular flexibility index (Phi) is 7.46. The van der Waals surface area contributed by atoms with Gasteiger partial charge in [-0.1, -0.05) is 12.0 Å². The zero-order valence-electron chi connectivity index (χ0n) is 21.6. The van der Waals surface area contributed by atoms with Crippen LogP contribution in [0.15, 0.2) is 67.0 Å². The number of nitrogens with two attached hydrogens (primary N) is 2. The zero-order chi connectivity index (χ0) is 28.2. The fraction of sp³-hybridized carbons (Fsp3) is 0.167. The summed E-state index contributed by atoms with van der Waals surface area (Å²) in [5, 5.41) is 0. The minimum atomic E-state index is -2.62. The molecule has 10 heteroatoms. The van der Waals surface area contributed by atoms with Crippen LogP contribution in [0.4, 0.5) is 14.6 Å². The van der Waals surface area contributed by atoms with Gasteiger partial charge in [-0.2, -0.15) is 0 Å². The van der Waals surface area contributed by atoms with Crippen LogP contribution in [0, 0.1) is 11.8 Å². The molecule has 0 spiro atoms. The Morgan fingerprint density at radius 3 is 2.55 bits per heavy atom. The smallest absolute Gasteiger partial charge is 0.280 e. The summed E-state index contributed by atoms with van der Waals surface area (Å²) in [6, 6.07) is 16.6. The maximum Gasteiger partial charge on any atom is 0.280 e. The van der Waals surface area contributed by atoms with Crippen molar-refractivity contribution >= 4 is 22.9 Å². The normalized spacial score (nSPS) is 11.9. The van der Waals surface area contributed by atoms with Crippen molar-refractivity contribution in [3.05, 3.63) is 95.1 Å². The van der Waals surface area contributed by atoms with Crippen molar-refractivity contribution in [1.82, 2.24) is 24.5 Å². The van der Waals surface area contributed by atoms with Crippen molar-refractivity contribution in [2.45, 2.75) is 32.6 Å². The molecule has 1 aliphatic rings. The number of hydrogen-bond acceptors (Lipinski definition) is 6. The monoisotopic (exact) mass is 537 g/mol. The number of amides is 1. The Bertz CT molecular complexity index is 1770. The molecule has 0 atom stereocenters. The van der Waals surface area contributed by atoms with Crippen LogP contribution in [0.25, 0.3) is 28.2 Å². The molecule has 1 aliphatic carbocycles. The Labute approximate surface area is 229 Å². The highest BCUT2D eigenvalue weighted by Crippen LogP contribution is 2.32. The number of fused-ring (bicyclic) bond motifs is 2. The first-order chi connectivity index (χ1) is 19.4. The Balaban J connectivity index is 0.000000227. The Morgan fingerprint density at radius 2 is 1.85 bits per heavy atom. The average Bonchev–Trinajstić information content (AvgIpc) is 3.58. The quantitative estimate of drug-likeness (QED) is 0.309. The topological polar surface area (TPSA) is 126 Å². The number of aryl methyl sites for hydroxylation is 2. The van der Waals surface area contributed by atoms with Crippen LogP contribution in [0.2, 0.25) is 0 Å². The zero-order valence-corrected chi connectivity index (χ0v) is 21.6. The summed E-state index contributed by atoms with van der Waals surface area (Å²) in [5.74, 6) is 6.48. The maximum atomic E-state index is 11.9. The summed E-state index contributed by atoms with van der Waals surface area (Å²) < 4.78 is 25.9. The third-order valence-corrected chi connectivity index (χ3v) is 6.47. The van der Waals surface area contributed by atoms with Crippen LogP contribution in [0.3, 0.4) is 0 Å². The first-order valence-corrected chi connectivity index (χ1v) is 12.5. The van der Waals surface area contributed by atoms with E-state index in [1.807, 2.05) is 31.2 Å². The molecule has 1 amide bonds. The molecule has 0 saturated heterocycles. The number of pyridine rings is 3. The lowest BCUT2D eigenvalue weighted by atomic mass is 10.1. The van der Waals surface area contributed by atoms with Gasteiger partial charge in [-0.05, 0) is 91.8 Å². The number of anilines is 1. The number of benzene rings is 1. The molecule has 4 N–H and O–H groups in total. The molecule has 40 heavy (non-hydrogen) atoms. The van der Waals surface area contributed by atoms with Gasteiger partial charge in [-0.3, -0.25) is 14.3 Å². The molecular weight excluding hydrogens is 512 g/mol. The SMILES string of the molecule is CC#Cc1ccc2nc(-c3cccnc3N)n(-c3ccc4c(c3)CCC4)c2n1.NC(=O)c1ccc(C(F)F)nc1. The van der Waals surface area contributed by atoms with Gasteiger partial charge < -0.3 is 11.5 Å². The molecule has 6 rings (SSSR count). The standard InChI is InChI=1S/C23H19N5.C7H6F2N2O/c1-2-5-17-10-12-20-23(26-17)28(18-11-9-15-6-3-7-16(15)14-18)22(27-20)19-8-4-13-25-21(19)24;8-6(9)5-2-1-4(3-11-5)7(10)12/h4,8-14H,3,6-7H2,1H3,(H2,24,25);1-3,6H,(H2,10,12). The molecule has 0 radical (unpaired) electrons. The molecule has 200 valence electrons. The Hall–Kier alpha value is -5.17. The molecule has 0 aliphatic heterocycles. The molecule has 0 bridgehead atoms. The van der Waals surface area contributed by atoms with Gasteiger partial charge in [0.05, 0.1) is 11.1 Å². The number of hydrogen-bond donors (Lipinski definition) is 2. The van der Waals surface area contributed by atoms with Gasteiger partial charge in [0.1, 0.15) is 22.7 Å². The van der Waals surface area contributed by atoms with E-state index in [1.54, 1.807) is 6.20 Å². The molecule has 5 aromatic rings. The molecule has 4 aromatic heterocycles. The van der Waals surface area contributed by atoms with Gasteiger partial charge in [0.15, 0.2) is 11.5 Å². The number of carbonyl (C=O) groups excluding carboxylic acids is 1. The van der Waals surface area contributed by atoms with Gasteiger partial charge in [-0.15, -0.1) is 0 Å². The van der Waals surface area contributed by atoms with Crippen LogP contribution >= 0.6 is 0 Å². The molecule has 0 unspecified atom stereocenters. The summed E-state index contributed by atoms with van der Waals surface area (Å²) in [5.41, 5.74) is 17.8. The molecule has 4 heterocycles. The van der Waals surface area contributed by atoms with E-state index in [2.05, 4.69) is 44.6 Å². The van der Waals surface area contributed by atoms with E-state index in [0.717, 1.165) is 59.0 Å². The first kappa shape index (κ1) is 26.4. The second-order valence-corrected chi connectivity index (χ2v) is 9.06.